The molecule has 3 heteroatoms. The molecular formula is C13H20N2O. The second-order valence-electron chi connectivity index (χ2n) is 4.20. The van der Waals surface area contributed by atoms with Crippen molar-refractivity contribution in [2.24, 2.45) is 5.92 Å². The van der Waals surface area contributed by atoms with Gasteiger partial charge in [-0.05, 0) is 31.0 Å². The highest BCUT2D eigenvalue weighted by Gasteiger charge is 2.13. The van der Waals surface area contributed by atoms with Crippen LogP contribution in [0.4, 0.5) is 11.4 Å². The number of carbonyl (C=O) groups is 1. The Balaban J connectivity index is 2.73. The van der Waals surface area contributed by atoms with Crippen LogP contribution in [0.25, 0.3) is 0 Å². The molecule has 0 aliphatic rings. The Bertz CT molecular complexity index is 374. The van der Waals surface area contributed by atoms with E-state index in [1.807, 2.05) is 32.0 Å². The fraction of sp³-hybridized carbons (Fsp3) is 0.462. The molecule has 3 N–H and O–H groups in total. The molecule has 0 unspecified atom stereocenters. The first-order valence-corrected chi connectivity index (χ1v) is 5.72. The van der Waals surface area contributed by atoms with Gasteiger partial charge < -0.3 is 11.1 Å². The summed E-state index contributed by atoms with van der Waals surface area (Å²) in [7, 11) is 0. The van der Waals surface area contributed by atoms with Crippen molar-refractivity contribution in [3.63, 3.8) is 0 Å². The van der Waals surface area contributed by atoms with Gasteiger partial charge >= 0.3 is 0 Å². The average molecular weight is 220 g/mol. The number of nitrogens with two attached hydrogens (primary N) is 1. The first-order chi connectivity index (χ1) is 7.56. The molecule has 0 bridgehead atoms. The number of hydrogen-bond acceptors (Lipinski definition) is 2. The van der Waals surface area contributed by atoms with E-state index in [0.717, 1.165) is 24.1 Å². The van der Waals surface area contributed by atoms with Crippen molar-refractivity contribution >= 4 is 17.3 Å². The highest BCUT2D eigenvalue weighted by molar-refractivity contribution is 5.93. The Hall–Kier alpha value is -1.51. The number of hydrogen-bond donors (Lipinski definition) is 2. The lowest BCUT2D eigenvalue weighted by molar-refractivity contribution is -0.119. The van der Waals surface area contributed by atoms with Crippen LogP contribution >= 0.6 is 0 Å². The maximum atomic E-state index is 11.8. The zero-order valence-electron chi connectivity index (χ0n) is 10.2. The third-order valence-corrected chi connectivity index (χ3v) is 2.80. The van der Waals surface area contributed by atoms with E-state index in [2.05, 4.69) is 12.2 Å². The molecule has 1 amide bonds. The van der Waals surface area contributed by atoms with Crippen LogP contribution in [-0.2, 0) is 4.79 Å². The molecule has 16 heavy (non-hydrogen) atoms. The van der Waals surface area contributed by atoms with E-state index in [0.29, 0.717) is 5.69 Å². The number of nitrogens with one attached hydrogen (secondary N) is 1. The number of carbonyl (C=O) groups excluding carboxylic acids is 1. The summed E-state index contributed by atoms with van der Waals surface area (Å²) in [5, 5.41) is 2.92. The predicted molar refractivity (Wildman–Crippen MR) is 68.3 cm³/mol. The smallest absolute Gasteiger partial charge is 0.227 e. The molecule has 0 aliphatic carbocycles. The van der Waals surface area contributed by atoms with E-state index >= 15 is 0 Å². The summed E-state index contributed by atoms with van der Waals surface area (Å²) in [5.74, 6) is 0.112. The summed E-state index contributed by atoms with van der Waals surface area (Å²) in [6.45, 7) is 5.94. The first kappa shape index (κ1) is 12.6. The third-order valence-electron chi connectivity index (χ3n) is 2.80. The largest absolute Gasteiger partial charge is 0.398 e. The summed E-state index contributed by atoms with van der Waals surface area (Å²) in [5.41, 5.74) is 8.23. The lowest BCUT2D eigenvalue weighted by Gasteiger charge is -2.13. The van der Waals surface area contributed by atoms with Crippen LogP contribution in [0.2, 0.25) is 0 Å². The molecule has 3 nitrogen and oxygen atoms in total. The lowest BCUT2D eigenvalue weighted by atomic mass is 10.0. The van der Waals surface area contributed by atoms with Gasteiger partial charge in [0.15, 0.2) is 0 Å². The second-order valence-corrected chi connectivity index (χ2v) is 4.20. The highest BCUT2D eigenvalue weighted by Crippen LogP contribution is 2.21. The van der Waals surface area contributed by atoms with Gasteiger partial charge in [0.05, 0.1) is 0 Å². The molecule has 0 spiro atoms. The minimum absolute atomic E-state index is 0.0471. The van der Waals surface area contributed by atoms with E-state index in [1.54, 1.807) is 0 Å². The first-order valence-electron chi connectivity index (χ1n) is 5.72. The maximum absolute atomic E-state index is 11.8. The van der Waals surface area contributed by atoms with Gasteiger partial charge in [-0.3, -0.25) is 4.79 Å². The van der Waals surface area contributed by atoms with Crippen molar-refractivity contribution in [3.05, 3.63) is 23.8 Å². The predicted octanol–water partition coefficient (Wildman–Crippen LogP) is 2.95. The topological polar surface area (TPSA) is 55.1 Å². The third kappa shape index (κ3) is 2.99. The van der Waals surface area contributed by atoms with E-state index in [1.165, 1.54) is 0 Å². The molecule has 0 saturated heterocycles. The average Bonchev–Trinajstić information content (AvgIpc) is 2.25. The molecular weight excluding hydrogens is 200 g/mol. The normalized spacial score (nSPS) is 12.2. The molecule has 0 heterocycles. The van der Waals surface area contributed by atoms with E-state index in [-0.39, 0.29) is 11.8 Å². The molecule has 88 valence electrons. The molecule has 0 aliphatic heterocycles. The summed E-state index contributed by atoms with van der Waals surface area (Å²) in [6.07, 6.45) is 1.93. The van der Waals surface area contributed by atoms with Crippen LogP contribution in [0.15, 0.2) is 18.2 Å². The van der Waals surface area contributed by atoms with Gasteiger partial charge in [-0.1, -0.05) is 26.3 Å². The van der Waals surface area contributed by atoms with Gasteiger partial charge in [-0.15, -0.1) is 0 Å². The summed E-state index contributed by atoms with van der Waals surface area (Å²) in [6, 6.07) is 5.56. The van der Waals surface area contributed by atoms with Crippen LogP contribution in [0.1, 0.15) is 32.3 Å². The molecule has 1 aromatic rings. The number of anilines is 2. The summed E-state index contributed by atoms with van der Waals surface area (Å²) in [4.78, 5) is 11.8. The molecule has 1 atom stereocenters. The van der Waals surface area contributed by atoms with Gasteiger partial charge in [-0.2, -0.15) is 0 Å². The molecule has 1 aromatic carbocycles. The molecule has 0 radical (unpaired) electrons. The molecule has 0 fully saturated rings. The van der Waals surface area contributed by atoms with Crippen molar-refractivity contribution in [1.82, 2.24) is 0 Å². The maximum Gasteiger partial charge on any atom is 0.227 e. The number of amides is 1. The zero-order chi connectivity index (χ0) is 12.1. The van der Waals surface area contributed by atoms with Crippen LogP contribution in [0.5, 0.6) is 0 Å². The van der Waals surface area contributed by atoms with Gasteiger partial charge in [0.2, 0.25) is 5.91 Å². The Morgan fingerprint density at radius 1 is 1.50 bits per heavy atom. The zero-order valence-corrected chi connectivity index (χ0v) is 10.2. The Labute approximate surface area is 97.0 Å². The van der Waals surface area contributed by atoms with Crippen LogP contribution in [-0.4, -0.2) is 5.91 Å². The minimum Gasteiger partial charge on any atom is -0.398 e. The van der Waals surface area contributed by atoms with E-state index in [9.17, 15) is 4.79 Å². The second kappa shape index (κ2) is 5.54. The Morgan fingerprint density at radius 2 is 2.19 bits per heavy atom. The van der Waals surface area contributed by atoms with Crippen LogP contribution in [0.3, 0.4) is 0 Å². The number of nitrogen functional groups attached to an aromatic ring is 1. The van der Waals surface area contributed by atoms with Crippen molar-refractivity contribution in [3.8, 4) is 0 Å². The Kier molecular flexibility index (Phi) is 4.35. The van der Waals surface area contributed by atoms with Crippen molar-refractivity contribution in [1.29, 1.82) is 0 Å². The summed E-state index contributed by atoms with van der Waals surface area (Å²) >= 11 is 0. The standard InChI is InChI=1S/C13H20N2O/c1-4-6-9(2)13(16)15-12-8-5-7-11(14)10(12)3/h5,7-9H,4,6,14H2,1-3H3,(H,15,16)/t9-/m0/s1. The molecule has 1 rings (SSSR count). The van der Waals surface area contributed by atoms with Gasteiger partial charge in [0.25, 0.3) is 0 Å². The molecule has 0 saturated carbocycles. The number of rotatable bonds is 4. The van der Waals surface area contributed by atoms with Crippen molar-refractivity contribution < 1.29 is 4.79 Å². The Morgan fingerprint density at radius 3 is 2.81 bits per heavy atom. The SMILES string of the molecule is CCC[C@H](C)C(=O)Nc1cccc(N)c1C. The van der Waals surface area contributed by atoms with E-state index in [4.69, 9.17) is 5.73 Å². The molecule has 0 aromatic heterocycles. The van der Waals surface area contributed by atoms with Gasteiger partial charge in [0, 0.05) is 17.3 Å². The van der Waals surface area contributed by atoms with Gasteiger partial charge in [-0.25, -0.2) is 0 Å². The minimum atomic E-state index is 0.0471. The monoisotopic (exact) mass is 220 g/mol. The number of benzene rings is 1. The van der Waals surface area contributed by atoms with Crippen LogP contribution < -0.4 is 11.1 Å². The van der Waals surface area contributed by atoms with Gasteiger partial charge in [0.1, 0.15) is 0 Å². The van der Waals surface area contributed by atoms with E-state index < -0.39 is 0 Å². The quantitative estimate of drug-likeness (QED) is 0.766. The van der Waals surface area contributed by atoms with Crippen molar-refractivity contribution in [2.45, 2.75) is 33.6 Å². The lowest BCUT2D eigenvalue weighted by Crippen LogP contribution is -2.20. The highest BCUT2D eigenvalue weighted by atomic mass is 16.1. The summed E-state index contributed by atoms with van der Waals surface area (Å²) < 4.78 is 0. The van der Waals surface area contributed by atoms with Crippen molar-refractivity contribution in [2.75, 3.05) is 11.1 Å². The fourth-order valence-electron chi connectivity index (χ4n) is 1.61. The fourth-order valence-corrected chi connectivity index (χ4v) is 1.61. The van der Waals surface area contributed by atoms with Crippen LogP contribution in [0, 0.1) is 12.8 Å².